The van der Waals surface area contributed by atoms with Gasteiger partial charge in [0.05, 0.1) is 11.3 Å². The van der Waals surface area contributed by atoms with E-state index in [-0.39, 0.29) is 36.1 Å². The van der Waals surface area contributed by atoms with Crippen LogP contribution in [0, 0.1) is 0 Å². The number of halogens is 3. The van der Waals surface area contributed by atoms with Crippen molar-refractivity contribution in [3.8, 4) is 22.9 Å². The summed E-state index contributed by atoms with van der Waals surface area (Å²) in [5.74, 6) is 0.324. The summed E-state index contributed by atoms with van der Waals surface area (Å²) in [6, 6.07) is 25.5. The molecule has 4 aromatic rings. The molecule has 162 valence electrons. The van der Waals surface area contributed by atoms with Crippen molar-refractivity contribution >= 4 is 0 Å². The normalized spacial score (nSPS) is 11.2. The molecule has 32 heavy (non-hydrogen) atoms. The quantitative estimate of drug-likeness (QED) is 0.340. The first-order valence-electron chi connectivity index (χ1n) is 9.88. The van der Waals surface area contributed by atoms with Gasteiger partial charge in [0.1, 0.15) is 13.2 Å². The Bertz CT molecular complexity index is 1170. The van der Waals surface area contributed by atoms with E-state index in [2.05, 4.69) is 10.2 Å². The van der Waals surface area contributed by atoms with Gasteiger partial charge < -0.3 is 9.47 Å². The first-order valence-corrected chi connectivity index (χ1v) is 9.88. The van der Waals surface area contributed by atoms with E-state index >= 15 is 0 Å². The maximum atomic E-state index is 13.5. The maximum absolute atomic E-state index is 13.5. The fraction of sp³-hybridized carbons (Fsp3) is 0.120. The highest BCUT2D eigenvalue weighted by Crippen LogP contribution is 2.38. The highest BCUT2D eigenvalue weighted by Gasteiger charge is 2.34. The Morgan fingerprint density at radius 1 is 0.656 bits per heavy atom. The molecular weight excluding hydrogens is 417 g/mol. The second kappa shape index (κ2) is 9.51. The van der Waals surface area contributed by atoms with Crippen LogP contribution in [-0.4, -0.2) is 10.2 Å². The molecule has 0 aliphatic heterocycles. The Labute approximate surface area is 183 Å². The minimum absolute atomic E-state index is 0.0491. The van der Waals surface area contributed by atoms with Crippen molar-refractivity contribution in [1.29, 1.82) is 0 Å². The van der Waals surface area contributed by atoms with Gasteiger partial charge in [-0.3, -0.25) is 0 Å². The Hall–Kier alpha value is -3.87. The van der Waals surface area contributed by atoms with Crippen molar-refractivity contribution in [2.24, 2.45) is 0 Å². The molecule has 0 spiro atoms. The van der Waals surface area contributed by atoms with E-state index in [1.54, 1.807) is 0 Å². The monoisotopic (exact) mass is 436 g/mol. The minimum atomic E-state index is -4.52. The van der Waals surface area contributed by atoms with Crippen LogP contribution in [0.3, 0.4) is 0 Å². The van der Waals surface area contributed by atoms with Crippen LogP contribution in [0.25, 0.3) is 11.3 Å². The Morgan fingerprint density at radius 2 is 1.22 bits per heavy atom. The topological polar surface area (TPSA) is 44.2 Å². The second-order valence-corrected chi connectivity index (χ2v) is 6.99. The van der Waals surface area contributed by atoms with Gasteiger partial charge in [-0.1, -0.05) is 78.9 Å². The molecule has 0 bridgehead atoms. The Balaban J connectivity index is 1.66. The highest BCUT2D eigenvalue weighted by molar-refractivity contribution is 5.66. The molecule has 0 saturated heterocycles. The SMILES string of the molecule is FC(F)(F)c1ccccc1-c1cc(OCc2ccccc2)c(OCc2ccccc2)nn1. The Morgan fingerprint density at radius 3 is 1.84 bits per heavy atom. The van der Waals surface area contributed by atoms with E-state index in [9.17, 15) is 13.2 Å². The number of hydrogen-bond acceptors (Lipinski definition) is 4. The lowest BCUT2D eigenvalue weighted by atomic mass is 10.0. The molecule has 0 radical (unpaired) electrons. The lowest BCUT2D eigenvalue weighted by molar-refractivity contribution is -0.137. The number of aromatic nitrogens is 2. The van der Waals surface area contributed by atoms with E-state index < -0.39 is 11.7 Å². The molecule has 4 rings (SSSR count). The molecule has 1 heterocycles. The molecule has 0 fully saturated rings. The summed E-state index contributed by atoms with van der Waals surface area (Å²) in [4.78, 5) is 0. The van der Waals surface area contributed by atoms with Crippen molar-refractivity contribution in [3.05, 3.63) is 108 Å². The number of rotatable bonds is 7. The zero-order valence-corrected chi connectivity index (χ0v) is 16.9. The summed E-state index contributed by atoms with van der Waals surface area (Å²) in [7, 11) is 0. The lowest BCUT2D eigenvalue weighted by Crippen LogP contribution is -2.08. The zero-order valence-electron chi connectivity index (χ0n) is 16.9. The average molecular weight is 436 g/mol. The van der Waals surface area contributed by atoms with Crippen molar-refractivity contribution in [2.45, 2.75) is 19.4 Å². The van der Waals surface area contributed by atoms with Crippen LogP contribution in [0.4, 0.5) is 13.2 Å². The molecule has 0 unspecified atom stereocenters. The fourth-order valence-electron chi connectivity index (χ4n) is 3.11. The standard InChI is InChI=1S/C25H19F3N2O2/c26-25(27,28)21-14-8-7-13-20(21)22-15-23(31-16-18-9-3-1-4-10-18)24(30-29-22)32-17-19-11-5-2-6-12-19/h1-15H,16-17H2. The third-order valence-corrected chi connectivity index (χ3v) is 4.69. The number of alkyl halides is 3. The minimum Gasteiger partial charge on any atom is -0.483 e. The van der Waals surface area contributed by atoms with Crippen LogP contribution in [0.15, 0.2) is 91.0 Å². The molecule has 0 saturated carbocycles. The number of ether oxygens (including phenoxy) is 2. The summed E-state index contributed by atoms with van der Waals surface area (Å²) in [5.41, 5.74) is 0.992. The van der Waals surface area contributed by atoms with E-state index in [0.717, 1.165) is 17.2 Å². The van der Waals surface area contributed by atoms with Gasteiger partial charge in [-0.25, -0.2) is 0 Å². The average Bonchev–Trinajstić information content (AvgIpc) is 2.82. The number of hydrogen-bond donors (Lipinski definition) is 0. The van der Waals surface area contributed by atoms with Crippen molar-refractivity contribution in [3.63, 3.8) is 0 Å². The van der Waals surface area contributed by atoms with Crippen LogP contribution < -0.4 is 9.47 Å². The molecule has 0 amide bonds. The zero-order chi connectivity index (χ0) is 22.4. The van der Waals surface area contributed by atoms with E-state index in [1.165, 1.54) is 24.3 Å². The Kier molecular flexibility index (Phi) is 6.35. The molecule has 4 nitrogen and oxygen atoms in total. The van der Waals surface area contributed by atoms with Crippen molar-refractivity contribution in [2.75, 3.05) is 0 Å². The van der Waals surface area contributed by atoms with Gasteiger partial charge in [-0.15, -0.1) is 10.2 Å². The van der Waals surface area contributed by atoms with Crippen LogP contribution in [0.2, 0.25) is 0 Å². The van der Waals surface area contributed by atoms with E-state index in [0.29, 0.717) is 0 Å². The summed E-state index contributed by atoms with van der Waals surface area (Å²) >= 11 is 0. The van der Waals surface area contributed by atoms with Gasteiger partial charge in [-0.05, 0) is 17.2 Å². The molecule has 0 aliphatic rings. The summed E-state index contributed by atoms with van der Waals surface area (Å²) in [6.07, 6.45) is -4.52. The van der Waals surface area contributed by atoms with Crippen LogP contribution in [-0.2, 0) is 19.4 Å². The predicted molar refractivity (Wildman–Crippen MR) is 114 cm³/mol. The van der Waals surface area contributed by atoms with Gasteiger partial charge in [-0.2, -0.15) is 13.2 Å². The largest absolute Gasteiger partial charge is 0.483 e. The van der Waals surface area contributed by atoms with Crippen LogP contribution >= 0.6 is 0 Å². The molecule has 0 N–H and O–H groups in total. The number of benzene rings is 3. The lowest BCUT2D eigenvalue weighted by Gasteiger charge is -2.15. The predicted octanol–water partition coefficient (Wildman–Crippen LogP) is 6.32. The second-order valence-electron chi connectivity index (χ2n) is 6.99. The number of nitrogens with zero attached hydrogens (tertiary/aromatic N) is 2. The molecule has 0 atom stereocenters. The van der Waals surface area contributed by atoms with Crippen LogP contribution in [0.5, 0.6) is 11.6 Å². The maximum Gasteiger partial charge on any atom is 0.417 e. The third-order valence-electron chi connectivity index (χ3n) is 4.69. The highest BCUT2D eigenvalue weighted by atomic mass is 19.4. The first-order chi connectivity index (χ1) is 15.5. The smallest absolute Gasteiger partial charge is 0.417 e. The molecule has 1 aromatic heterocycles. The van der Waals surface area contributed by atoms with Gasteiger partial charge in [0.2, 0.25) is 0 Å². The summed E-state index contributed by atoms with van der Waals surface area (Å²) in [6.45, 7) is 0.421. The van der Waals surface area contributed by atoms with Crippen molar-refractivity contribution < 1.29 is 22.6 Å². The third kappa shape index (κ3) is 5.24. The fourth-order valence-corrected chi connectivity index (χ4v) is 3.11. The van der Waals surface area contributed by atoms with Gasteiger partial charge >= 0.3 is 6.18 Å². The molecule has 7 heteroatoms. The first kappa shape index (κ1) is 21.4. The van der Waals surface area contributed by atoms with Gasteiger partial charge in [0.25, 0.3) is 5.88 Å². The van der Waals surface area contributed by atoms with Gasteiger partial charge in [0.15, 0.2) is 5.75 Å². The van der Waals surface area contributed by atoms with Crippen LogP contribution in [0.1, 0.15) is 16.7 Å². The molecule has 3 aromatic carbocycles. The molecular formula is C25H19F3N2O2. The molecule has 0 aliphatic carbocycles. The van der Waals surface area contributed by atoms with E-state index in [1.807, 2.05) is 60.7 Å². The van der Waals surface area contributed by atoms with Crippen molar-refractivity contribution in [1.82, 2.24) is 10.2 Å². The summed E-state index contributed by atoms with van der Waals surface area (Å²) < 4.78 is 52.1. The summed E-state index contributed by atoms with van der Waals surface area (Å²) in [5, 5.41) is 8.04. The van der Waals surface area contributed by atoms with Gasteiger partial charge in [0, 0.05) is 11.6 Å². The van der Waals surface area contributed by atoms with E-state index in [4.69, 9.17) is 9.47 Å².